The zero-order valence-electron chi connectivity index (χ0n) is 10.4. The van der Waals surface area contributed by atoms with Gasteiger partial charge in [0.15, 0.2) is 0 Å². The minimum absolute atomic E-state index is 0.241. The summed E-state index contributed by atoms with van der Waals surface area (Å²) in [5.41, 5.74) is 0.241. The number of rotatable bonds is 8. The number of unbranched alkanes of at least 4 members (excludes halogenated alkanes) is 1. The van der Waals surface area contributed by atoms with E-state index in [4.69, 9.17) is 9.52 Å². The molecule has 5 nitrogen and oxygen atoms in total. The molecule has 0 aromatic carbocycles. The van der Waals surface area contributed by atoms with E-state index in [1.54, 1.807) is 0 Å². The first-order chi connectivity index (χ1) is 8.11. The van der Waals surface area contributed by atoms with Crippen LogP contribution in [-0.2, 0) is 6.54 Å². The minimum Gasteiger partial charge on any atom is -0.478 e. The average Bonchev–Trinajstić information content (AvgIpc) is 2.71. The molecule has 0 saturated carbocycles. The Labute approximate surface area is 101 Å². The summed E-state index contributed by atoms with van der Waals surface area (Å²) in [7, 11) is 4.10. The van der Waals surface area contributed by atoms with E-state index < -0.39 is 5.97 Å². The third-order valence-corrected chi connectivity index (χ3v) is 2.47. The molecule has 1 rings (SSSR count). The lowest BCUT2D eigenvalue weighted by Gasteiger charge is -2.09. The van der Waals surface area contributed by atoms with Crippen LogP contribution in [0, 0.1) is 0 Å². The summed E-state index contributed by atoms with van der Waals surface area (Å²) >= 11 is 0. The zero-order valence-corrected chi connectivity index (χ0v) is 10.4. The van der Waals surface area contributed by atoms with Crippen molar-refractivity contribution >= 4 is 5.97 Å². The van der Waals surface area contributed by atoms with Gasteiger partial charge in [0, 0.05) is 0 Å². The van der Waals surface area contributed by atoms with Gasteiger partial charge in [0.05, 0.1) is 12.8 Å². The molecule has 17 heavy (non-hydrogen) atoms. The number of carboxylic acids is 1. The van der Waals surface area contributed by atoms with Gasteiger partial charge >= 0.3 is 5.97 Å². The lowest BCUT2D eigenvalue weighted by atomic mass is 10.2. The summed E-state index contributed by atoms with van der Waals surface area (Å²) < 4.78 is 5.12. The Bertz CT molecular complexity index is 347. The standard InChI is InChI=1S/C12H20N2O3/c1-14(2)7-4-3-6-13-9-11-10(12(15)16)5-8-17-11/h5,8,13H,3-4,6-7,9H2,1-2H3,(H,15,16). The SMILES string of the molecule is CN(C)CCCCNCc1occc1C(=O)O. The first kappa shape index (κ1) is 13.7. The summed E-state index contributed by atoms with van der Waals surface area (Å²) in [4.78, 5) is 12.9. The van der Waals surface area contributed by atoms with Gasteiger partial charge in [0.25, 0.3) is 0 Å². The van der Waals surface area contributed by atoms with Crippen LogP contribution in [0.1, 0.15) is 29.0 Å². The van der Waals surface area contributed by atoms with Gasteiger partial charge in [-0.1, -0.05) is 0 Å². The molecule has 0 saturated heterocycles. The Balaban J connectivity index is 2.18. The molecule has 2 N–H and O–H groups in total. The fourth-order valence-electron chi connectivity index (χ4n) is 1.55. The summed E-state index contributed by atoms with van der Waals surface area (Å²) in [5.74, 6) is -0.451. The van der Waals surface area contributed by atoms with Crippen LogP contribution in [0.4, 0.5) is 0 Å². The van der Waals surface area contributed by atoms with E-state index in [-0.39, 0.29) is 5.56 Å². The highest BCUT2D eigenvalue weighted by atomic mass is 16.4. The molecule has 0 atom stereocenters. The Hall–Kier alpha value is -1.33. The van der Waals surface area contributed by atoms with Crippen molar-refractivity contribution < 1.29 is 14.3 Å². The highest BCUT2D eigenvalue weighted by Gasteiger charge is 2.12. The number of hydrogen-bond acceptors (Lipinski definition) is 4. The number of carbonyl (C=O) groups is 1. The molecule has 0 radical (unpaired) electrons. The monoisotopic (exact) mass is 240 g/mol. The van der Waals surface area contributed by atoms with Gasteiger partial charge < -0.3 is 19.7 Å². The van der Waals surface area contributed by atoms with Crippen molar-refractivity contribution in [2.24, 2.45) is 0 Å². The molecule has 0 amide bonds. The molecule has 0 fully saturated rings. The molecule has 0 spiro atoms. The van der Waals surface area contributed by atoms with Crippen molar-refractivity contribution in [1.82, 2.24) is 10.2 Å². The fraction of sp³-hybridized carbons (Fsp3) is 0.583. The molecule has 1 aromatic rings. The molecule has 96 valence electrons. The van der Waals surface area contributed by atoms with Crippen LogP contribution in [0.15, 0.2) is 16.7 Å². The van der Waals surface area contributed by atoms with Gasteiger partial charge in [-0.25, -0.2) is 4.79 Å². The number of carboxylic acid groups (broad SMARTS) is 1. The number of furan rings is 1. The van der Waals surface area contributed by atoms with Gasteiger partial charge in [0.1, 0.15) is 11.3 Å². The van der Waals surface area contributed by atoms with Crippen LogP contribution in [-0.4, -0.2) is 43.2 Å². The number of nitrogens with zero attached hydrogens (tertiary/aromatic N) is 1. The fourth-order valence-corrected chi connectivity index (χ4v) is 1.55. The topological polar surface area (TPSA) is 65.7 Å². The van der Waals surface area contributed by atoms with E-state index in [9.17, 15) is 4.79 Å². The van der Waals surface area contributed by atoms with Crippen molar-refractivity contribution in [2.45, 2.75) is 19.4 Å². The molecule has 0 aliphatic heterocycles. The zero-order chi connectivity index (χ0) is 12.7. The normalized spacial score (nSPS) is 11.0. The van der Waals surface area contributed by atoms with Gasteiger partial charge in [0.2, 0.25) is 0 Å². The Kier molecular flexibility index (Phi) is 5.72. The van der Waals surface area contributed by atoms with E-state index in [1.165, 1.54) is 12.3 Å². The maximum absolute atomic E-state index is 10.8. The van der Waals surface area contributed by atoms with E-state index in [0.29, 0.717) is 12.3 Å². The Morgan fingerprint density at radius 2 is 2.24 bits per heavy atom. The van der Waals surface area contributed by atoms with Crippen molar-refractivity contribution in [2.75, 3.05) is 27.2 Å². The largest absolute Gasteiger partial charge is 0.478 e. The third-order valence-electron chi connectivity index (χ3n) is 2.47. The van der Waals surface area contributed by atoms with Gasteiger partial charge in [-0.05, 0) is 46.1 Å². The summed E-state index contributed by atoms with van der Waals surface area (Å²) in [6, 6.07) is 1.48. The first-order valence-corrected chi connectivity index (χ1v) is 5.76. The lowest BCUT2D eigenvalue weighted by molar-refractivity contribution is 0.0694. The Morgan fingerprint density at radius 1 is 1.47 bits per heavy atom. The summed E-state index contributed by atoms with van der Waals surface area (Å²) in [5, 5.41) is 12.0. The number of nitrogens with one attached hydrogen (secondary N) is 1. The minimum atomic E-state index is -0.942. The van der Waals surface area contributed by atoms with Crippen molar-refractivity contribution in [1.29, 1.82) is 0 Å². The van der Waals surface area contributed by atoms with Gasteiger partial charge in [-0.3, -0.25) is 0 Å². The van der Waals surface area contributed by atoms with Crippen LogP contribution < -0.4 is 5.32 Å². The molecule has 0 bridgehead atoms. The van der Waals surface area contributed by atoms with Gasteiger partial charge in [-0.2, -0.15) is 0 Å². The maximum atomic E-state index is 10.8. The van der Waals surface area contributed by atoms with Crippen LogP contribution in [0.2, 0.25) is 0 Å². The predicted molar refractivity (Wildman–Crippen MR) is 65.2 cm³/mol. The van der Waals surface area contributed by atoms with Crippen molar-refractivity contribution in [3.8, 4) is 0 Å². The maximum Gasteiger partial charge on any atom is 0.339 e. The van der Waals surface area contributed by atoms with Crippen molar-refractivity contribution in [3.63, 3.8) is 0 Å². The predicted octanol–water partition coefficient (Wildman–Crippen LogP) is 1.41. The molecule has 0 unspecified atom stereocenters. The average molecular weight is 240 g/mol. The highest BCUT2D eigenvalue weighted by Crippen LogP contribution is 2.09. The van der Waals surface area contributed by atoms with Crippen molar-refractivity contribution in [3.05, 3.63) is 23.7 Å². The number of hydrogen-bond donors (Lipinski definition) is 2. The van der Waals surface area contributed by atoms with E-state index >= 15 is 0 Å². The van der Waals surface area contributed by atoms with Crippen LogP contribution >= 0.6 is 0 Å². The van der Waals surface area contributed by atoms with Gasteiger partial charge in [-0.15, -0.1) is 0 Å². The molecule has 1 heterocycles. The smallest absolute Gasteiger partial charge is 0.339 e. The third kappa shape index (κ3) is 5.01. The lowest BCUT2D eigenvalue weighted by Crippen LogP contribution is -2.18. The molecule has 5 heteroatoms. The van der Waals surface area contributed by atoms with E-state index in [0.717, 1.165) is 25.9 Å². The highest BCUT2D eigenvalue weighted by molar-refractivity contribution is 5.88. The summed E-state index contributed by atoms with van der Waals surface area (Å²) in [6.07, 6.45) is 3.61. The van der Waals surface area contributed by atoms with E-state index in [2.05, 4.69) is 24.3 Å². The second-order valence-electron chi connectivity index (χ2n) is 4.25. The molecular weight excluding hydrogens is 220 g/mol. The second kappa shape index (κ2) is 7.09. The molecular formula is C12H20N2O3. The first-order valence-electron chi connectivity index (χ1n) is 5.76. The van der Waals surface area contributed by atoms with Crippen LogP contribution in [0.25, 0.3) is 0 Å². The molecule has 0 aliphatic carbocycles. The van der Waals surface area contributed by atoms with Crippen LogP contribution in [0.3, 0.4) is 0 Å². The summed E-state index contributed by atoms with van der Waals surface area (Å²) in [6.45, 7) is 2.41. The Morgan fingerprint density at radius 3 is 2.88 bits per heavy atom. The van der Waals surface area contributed by atoms with Crippen LogP contribution in [0.5, 0.6) is 0 Å². The molecule has 1 aromatic heterocycles. The molecule has 0 aliphatic rings. The van der Waals surface area contributed by atoms with E-state index in [1.807, 2.05) is 0 Å². The number of aromatic carboxylic acids is 1. The quantitative estimate of drug-likeness (QED) is 0.672. The second-order valence-corrected chi connectivity index (χ2v) is 4.25.